The molecule has 0 unspecified atom stereocenters. The van der Waals surface area contributed by atoms with E-state index in [0.717, 1.165) is 25.7 Å². The minimum absolute atomic E-state index is 0.0648. The Bertz CT molecular complexity index is 509. The molecule has 0 bridgehead atoms. The lowest BCUT2D eigenvalue weighted by Crippen LogP contribution is -2.43. The summed E-state index contributed by atoms with van der Waals surface area (Å²) in [5.41, 5.74) is -0.0682. The smallest absolute Gasteiger partial charge is 0.303 e. The van der Waals surface area contributed by atoms with Gasteiger partial charge in [0.2, 0.25) is 0 Å². The molecule has 0 aromatic heterocycles. The molecule has 2 rings (SSSR count). The van der Waals surface area contributed by atoms with Gasteiger partial charge in [-0.15, -0.1) is 0 Å². The van der Waals surface area contributed by atoms with Gasteiger partial charge >= 0.3 is 5.97 Å². The van der Waals surface area contributed by atoms with Gasteiger partial charge in [-0.2, -0.15) is 0 Å². The summed E-state index contributed by atoms with van der Waals surface area (Å²) in [6.07, 6.45) is 5.15. The summed E-state index contributed by atoms with van der Waals surface area (Å²) < 4.78 is 11.2. The van der Waals surface area contributed by atoms with E-state index in [9.17, 15) is 20.1 Å². The van der Waals surface area contributed by atoms with Crippen LogP contribution in [0.2, 0.25) is 0 Å². The summed E-state index contributed by atoms with van der Waals surface area (Å²) in [5, 5.41) is 39.6. The molecule has 2 fully saturated rings. The highest BCUT2D eigenvalue weighted by Gasteiger charge is 2.40. The van der Waals surface area contributed by atoms with Gasteiger partial charge in [0.15, 0.2) is 6.29 Å². The Labute approximate surface area is 167 Å². The number of rotatable bonds is 10. The molecule has 1 aliphatic carbocycles. The summed E-state index contributed by atoms with van der Waals surface area (Å²) in [6, 6.07) is 0. The molecule has 0 aromatic rings. The van der Waals surface area contributed by atoms with Crippen LogP contribution in [0.1, 0.15) is 58.8 Å². The van der Waals surface area contributed by atoms with Crippen LogP contribution in [0.15, 0.2) is 12.2 Å². The average Bonchev–Trinajstić information content (AvgIpc) is 2.88. The van der Waals surface area contributed by atoms with Crippen molar-refractivity contribution in [3.8, 4) is 0 Å². The van der Waals surface area contributed by atoms with Crippen LogP contribution in [-0.4, -0.2) is 64.2 Å². The van der Waals surface area contributed by atoms with E-state index >= 15 is 0 Å². The summed E-state index contributed by atoms with van der Waals surface area (Å²) in [6.45, 7) is 5.09. The summed E-state index contributed by atoms with van der Waals surface area (Å²) in [4.78, 5) is 10.5. The minimum Gasteiger partial charge on any atom is -0.481 e. The van der Waals surface area contributed by atoms with Crippen LogP contribution in [0, 0.1) is 17.3 Å². The van der Waals surface area contributed by atoms with Crippen LogP contribution in [0.4, 0.5) is 0 Å². The molecule has 0 aromatic carbocycles. The maximum absolute atomic E-state index is 10.5. The van der Waals surface area contributed by atoms with Gasteiger partial charge in [-0.05, 0) is 18.8 Å². The molecule has 162 valence electrons. The number of carboxylic acid groups (broad SMARTS) is 1. The SMILES string of the molecule is CC1(C)COC([C@H](O)/C=C/[C@@H]2[C@@H](CCCCCCC(=O)O)[C@@H](O)C[C@H]2O)OC1. The largest absolute Gasteiger partial charge is 0.481 e. The van der Waals surface area contributed by atoms with Crippen molar-refractivity contribution in [3.63, 3.8) is 0 Å². The fourth-order valence-electron chi connectivity index (χ4n) is 4.02. The van der Waals surface area contributed by atoms with Crippen LogP contribution in [0.5, 0.6) is 0 Å². The molecule has 1 saturated carbocycles. The Balaban J connectivity index is 1.80. The van der Waals surface area contributed by atoms with E-state index in [1.807, 2.05) is 13.8 Å². The van der Waals surface area contributed by atoms with Gasteiger partial charge in [-0.25, -0.2) is 0 Å². The molecular formula is C21H36O7. The highest BCUT2D eigenvalue weighted by atomic mass is 16.7. The molecule has 1 heterocycles. The Morgan fingerprint density at radius 1 is 1.11 bits per heavy atom. The maximum Gasteiger partial charge on any atom is 0.303 e. The van der Waals surface area contributed by atoms with Crippen molar-refractivity contribution >= 4 is 5.97 Å². The quantitative estimate of drug-likeness (QED) is 0.328. The summed E-state index contributed by atoms with van der Waals surface area (Å²) in [5.74, 6) is -1.05. The molecule has 1 aliphatic heterocycles. The minimum atomic E-state index is -0.919. The normalized spacial score (nSPS) is 32.0. The summed E-state index contributed by atoms with van der Waals surface area (Å²) in [7, 11) is 0. The number of hydrogen-bond donors (Lipinski definition) is 4. The highest BCUT2D eigenvalue weighted by molar-refractivity contribution is 5.66. The van der Waals surface area contributed by atoms with Gasteiger partial charge in [0.05, 0.1) is 25.4 Å². The first-order valence-corrected chi connectivity index (χ1v) is 10.4. The topological polar surface area (TPSA) is 116 Å². The van der Waals surface area contributed by atoms with Gasteiger partial charge in [-0.1, -0.05) is 45.3 Å². The number of aliphatic hydroxyl groups is 3. The fraction of sp³-hybridized carbons (Fsp3) is 0.857. The number of carboxylic acids is 1. The zero-order valence-corrected chi connectivity index (χ0v) is 17.0. The Kier molecular flexibility index (Phi) is 8.89. The van der Waals surface area contributed by atoms with Crippen molar-refractivity contribution in [1.82, 2.24) is 0 Å². The monoisotopic (exact) mass is 400 g/mol. The van der Waals surface area contributed by atoms with Crippen molar-refractivity contribution in [3.05, 3.63) is 12.2 Å². The summed E-state index contributed by atoms with van der Waals surface area (Å²) >= 11 is 0. The number of unbranched alkanes of at least 4 members (excludes halogenated alkanes) is 3. The first-order valence-electron chi connectivity index (χ1n) is 10.4. The highest BCUT2D eigenvalue weighted by Crippen LogP contribution is 2.37. The van der Waals surface area contributed by atoms with Gasteiger partial charge in [0.25, 0.3) is 0 Å². The van der Waals surface area contributed by atoms with E-state index < -0.39 is 30.6 Å². The van der Waals surface area contributed by atoms with E-state index in [4.69, 9.17) is 14.6 Å². The van der Waals surface area contributed by atoms with Crippen molar-refractivity contribution in [1.29, 1.82) is 0 Å². The molecule has 2 aliphatic rings. The van der Waals surface area contributed by atoms with Crippen LogP contribution < -0.4 is 0 Å². The Morgan fingerprint density at radius 3 is 2.39 bits per heavy atom. The number of carbonyl (C=O) groups is 1. The van der Waals surface area contributed by atoms with Crippen molar-refractivity contribution < 1.29 is 34.7 Å². The zero-order chi connectivity index (χ0) is 20.7. The molecule has 5 atom stereocenters. The third-order valence-corrected chi connectivity index (χ3v) is 5.68. The van der Waals surface area contributed by atoms with Crippen molar-refractivity contribution in [2.45, 2.75) is 83.4 Å². The number of ether oxygens (including phenoxy) is 2. The molecular weight excluding hydrogens is 364 g/mol. The second-order valence-electron chi connectivity index (χ2n) is 8.99. The van der Waals surface area contributed by atoms with Gasteiger partial charge in [-0.3, -0.25) is 4.79 Å². The zero-order valence-electron chi connectivity index (χ0n) is 17.0. The molecule has 0 radical (unpaired) electrons. The van der Waals surface area contributed by atoms with Crippen LogP contribution in [0.25, 0.3) is 0 Å². The van der Waals surface area contributed by atoms with Crippen LogP contribution in [-0.2, 0) is 14.3 Å². The van der Waals surface area contributed by atoms with E-state index in [1.165, 1.54) is 0 Å². The van der Waals surface area contributed by atoms with Crippen molar-refractivity contribution in [2.75, 3.05) is 13.2 Å². The first kappa shape index (κ1) is 23.3. The van der Waals surface area contributed by atoms with Gasteiger partial charge < -0.3 is 29.9 Å². The lowest BCUT2D eigenvalue weighted by molar-refractivity contribution is -0.248. The lowest BCUT2D eigenvalue weighted by atomic mass is 9.88. The second-order valence-corrected chi connectivity index (χ2v) is 8.99. The third-order valence-electron chi connectivity index (χ3n) is 5.68. The van der Waals surface area contributed by atoms with E-state index in [2.05, 4.69) is 0 Å². The van der Waals surface area contributed by atoms with Crippen LogP contribution >= 0.6 is 0 Å². The number of aliphatic hydroxyl groups excluding tert-OH is 3. The predicted molar refractivity (Wildman–Crippen MR) is 104 cm³/mol. The van der Waals surface area contributed by atoms with Gasteiger partial charge in [0, 0.05) is 24.2 Å². The average molecular weight is 401 g/mol. The molecule has 28 heavy (non-hydrogen) atoms. The van der Waals surface area contributed by atoms with Gasteiger partial charge in [0.1, 0.15) is 6.10 Å². The third kappa shape index (κ3) is 7.12. The maximum atomic E-state index is 10.5. The molecule has 0 spiro atoms. The molecule has 7 nitrogen and oxygen atoms in total. The van der Waals surface area contributed by atoms with E-state index in [-0.39, 0.29) is 23.7 Å². The Morgan fingerprint density at radius 2 is 1.75 bits per heavy atom. The predicted octanol–water partition coefficient (Wildman–Crippen LogP) is 2.09. The van der Waals surface area contributed by atoms with Crippen LogP contribution in [0.3, 0.4) is 0 Å². The fourth-order valence-corrected chi connectivity index (χ4v) is 4.02. The molecule has 1 saturated heterocycles. The molecule has 7 heteroatoms. The van der Waals surface area contributed by atoms with E-state index in [0.29, 0.717) is 26.1 Å². The standard InChI is InChI=1S/C21H36O7/c1-21(2)12-27-20(28-13-21)16(22)10-9-15-14(17(23)11-18(15)24)7-5-3-4-6-8-19(25)26/h9-10,14-18,20,22-24H,3-8,11-13H2,1-2H3,(H,25,26)/b10-9+/t14-,15-,16-,17+,18-/m1/s1. The lowest BCUT2D eigenvalue weighted by Gasteiger charge is -2.35. The second kappa shape index (κ2) is 10.7. The van der Waals surface area contributed by atoms with Crippen molar-refractivity contribution in [2.24, 2.45) is 17.3 Å². The number of hydrogen-bond acceptors (Lipinski definition) is 6. The number of aliphatic carboxylic acids is 1. The first-order chi connectivity index (χ1) is 13.2. The molecule has 0 amide bonds. The Hall–Kier alpha value is -0.990. The van der Waals surface area contributed by atoms with E-state index in [1.54, 1.807) is 12.2 Å². The molecule has 4 N–H and O–H groups in total.